The SMILES string of the molecule is CC.CCC(C)c1ccc(-c2ccc(C)c(C3=CC=CCC3)c2)cc1.CCC(C)c1ccc(-c2ccccc2)cc1.Cc1ccc(-c2ccccc2)cc1.Cc1ccc(-c2ccccc2)cc1. The normalized spacial score (nSPS) is 12.2. The minimum absolute atomic E-state index is 0.636. The van der Waals surface area contributed by atoms with Gasteiger partial charge in [-0.2, -0.15) is 0 Å². The first-order chi connectivity index (χ1) is 32.7. The lowest BCUT2D eigenvalue weighted by atomic mass is 9.90. The predicted octanol–water partition coefficient (Wildman–Crippen LogP) is 20.1. The second-order valence-corrected chi connectivity index (χ2v) is 17.4. The Morgan fingerprint density at radius 1 is 0.388 bits per heavy atom. The topological polar surface area (TPSA) is 0 Å². The Hall–Kier alpha value is -6.76. The molecule has 0 bridgehead atoms. The molecule has 1 aliphatic carbocycles. The van der Waals surface area contributed by atoms with Crippen molar-refractivity contribution < 1.29 is 0 Å². The molecule has 2 atom stereocenters. The lowest BCUT2D eigenvalue weighted by Crippen LogP contribution is -1.93. The molecule has 0 spiro atoms. The van der Waals surface area contributed by atoms with Crippen LogP contribution in [0.4, 0.5) is 0 Å². The molecule has 0 saturated heterocycles. The summed E-state index contributed by atoms with van der Waals surface area (Å²) in [6, 6.07) is 73.5. The van der Waals surface area contributed by atoms with Gasteiger partial charge in [0.1, 0.15) is 0 Å². The maximum atomic E-state index is 2.36. The number of rotatable bonds is 9. The zero-order valence-corrected chi connectivity index (χ0v) is 41.8. The fourth-order valence-electron chi connectivity index (χ4n) is 7.84. The highest BCUT2D eigenvalue weighted by molar-refractivity contribution is 5.76. The summed E-state index contributed by atoms with van der Waals surface area (Å²) < 4.78 is 0. The van der Waals surface area contributed by atoms with E-state index >= 15 is 0 Å². The van der Waals surface area contributed by atoms with Crippen LogP contribution in [0, 0.1) is 20.8 Å². The van der Waals surface area contributed by atoms with Gasteiger partial charge in [-0.05, 0) is 137 Å². The molecule has 0 heteroatoms. The zero-order valence-electron chi connectivity index (χ0n) is 41.8. The molecule has 0 aromatic heterocycles. The first-order valence-corrected chi connectivity index (χ1v) is 24.7. The van der Waals surface area contributed by atoms with Crippen LogP contribution in [0.25, 0.3) is 50.1 Å². The summed E-state index contributed by atoms with van der Waals surface area (Å²) in [6.07, 6.45) is 11.4. The Labute approximate surface area is 405 Å². The molecule has 0 amide bonds. The number of hydrogen-bond acceptors (Lipinski definition) is 0. The smallest absolute Gasteiger partial charge is 0.0178 e. The Morgan fingerprint density at radius 3 is 1.06 bits per heavy atom. The monoisotopic (exact) mass is 879 g/mol. The van der Waals surface area contributed by atoms with Crippen LogP contribution in [0.2, 0.25) is 0 Å². The fourth-order valence-corrected chi connectivity index (χ4v) is 7.84. The molecular weight excluding hydrogens is 805 g/mol. The van der Waals surface area contributed by atoms with E-state index in [0.717, 1.165) is 12.8 Å². The van der Waals surface area contributed by atoms with Crippen molar-refractivity contribution in [3.63, 3.8) is 0 Å². The molecule has 0 radical (unpaired) electrons. The summed E-state index contributed by atoms with van der Waals surface area (Å²) in [6.45, 7) is 19.5. The van der Waals surface area contributed by atoms with E-state index in [2.05, 4.69) is 261 Å². The summed E-state index contributed by atoms with van der Waals surface area (Å²) in [4.78, 5) is 0. The van der Waals surface area contributed by atoms with E-state index in [-0.39, 0.29) is 0 Å². The van der Waals surface area contributed by atoms with Gasteiger partial charge >= 0.3 is 0 Å². The largest absolute Gasteiger partial charge is 0.0842 e. The highest BCUT2D eigenvalue weighted by Gasteiger charge is 2.10. The van der Waals surface area contributed by atoms with Crippen LogP contribution in [0.3, 0.4) is 0 Å². The van der Waals surface area contributed by atoms with Gasteiger partial charge in [0.25, 0.3) is 0 Å². The van der Waals surface area contributed by atoms with E-state index in [1.807, 2.05) is 26.0 Å². The number of allylic oxidation sites excluding steroid dienone is 4. The van der Waals surface area contributed by atoms with Gasteiger partial charge in [-0.3, -0.25) is 0 Å². The van der Waals surface area contributed by atoms with Crippen molar-refractivity contribution in [3.05, 3.63) is 258 Å². The number of benzene rings is 8. The van der Waals surface area contributed by atoms with Crippen molar-refractivity contribution in [2.75, 3.05) is 0 Å². The first kappa shape index (κ1) is 51.2. The average molecular weight is 879 g/mol. The van der Waals surface area contributed by atoms with E-state index in [1.165, 1.54) is 96.3 Å². The van der Waals surface area contributed by atoms with Crippen LogP contribution in [0.1, 0.15) is 112 Å². The molecule has 67 heavy (non-hydrogen) atoms. The Kier molecular flexibility index (Phi) is 21.1. The first-order valence-electron chi connectivity index (χ1n) is 24.7. The van der Waals surface area contributed by atoms with Crippen molar-refractivity contribution in [1.29, 1.82) is 0 Å². The van der Waals surface area contributed by atoms with E-state index in [0.29, 0.717) is 11.8 Å². The molecule has 2 unspecified atom stereocenters. The second kappa shape index (κ2) is 27.7. The molecule has 9 rings (SSSR count). The van der Waals surface area contributed by atoms with Crippen molar-refractivity contribution >= 4 is 5.57 Å². The van der Waals surface area contributed by atoms with Crippen molar-refractivity contribution in [1.82, 2.24) is 0 Å². The summed E-state index contributed by atoms with van der Waals surface area (Å²) in [7, 11) is 0. The molecule has 342 valence electrons. The fraction of sp³-hybridized carbons (Fsp3) is 0.224. The maximum absolute atomic E-state index is 2.36. The molecule has 0 fully saturated rings. The molecule has 8 aromatic carbocycles. The quantitative estimate of drug-likeness (QED) is 0.136. The molecular formula is C67H74. The van der Waals surface area contributed by atoms with Gasteiger partial charge in [0.15, 0.2) is 0 Å². The third-order valence-corrected chi connectivity index (χ3v) is 12.5. The van der Waals surface area contributed by atoms with Gasteiger partial charge in [-0.15, -0.1) is 0 Å². The van der Waals surface area contributed by atoms with Crippen LogP contribution in [0.15, 0.2) is 224 Å². The molecule has 0 saturated carbocycles. The lowest BCUT2D eigenvalue weighted by molar-refractivity contribution is 0.734. The molecule has 0 aliphatic heterocycles. The third kappa shape index (κ3) is 16.0. The van der Waals surface area contributed by atoms with Crippen molar-refractivity contribution in [2.24, 2.45) is 0 Å². The lowest BCUT2D eigenvalue weighted by Gasteiger charge is -2.15. The molecule has 8 aromatic rings. The Balaban J connectivity index is 0.000000170. The van der Waals surface area contributed by atoms with Crippen LogP contribution >= 0.6 is 0 Å². The van der Waals surface area contributed by atoms with Crippen LogP contribution in [-0.2, 0) is 0 Å². The zero-order chi connectivity index (χ0) is 47.8. The highest BCUT2D eigenvalue weighted by atomic mass is 14.1. The minimum atomic E-state index is 0.636. The minimum Gasteiger partial charge on any atom is -0.0842 e. The summed E-state index contributed by atoms with van der Waals surface area (Å²) >= 11 is 0. The second-order valence-electron chi connectivity index (χ2n) is 17.4. The number of aryl methyl sites for hydroxylation is 3. The van der Waals surface area contributed by atoms with E-state index in [4.69, 9.17) is 0 Å². The molecule has 0 N–H and O–H groups in total. The van der Waals surface area contributed by atoms with Gasteiger partial charge in [0.2, 0.25) is 0 Å². The summed E-state index contributed by atoms with van der Waals surface area (Å²) in [5.41, 5.74) is 20.0. The average Bonchev–Trinajstić information content (AvgIpc) is 3.41. The standard InChI is InChI=1S/C23H26.C16H18.2C13H12.C2H6/c1-4-17(2)19-12-14-20(15-13-19)22-11-10-18(3)23(16-22)21-8-6-5-7-9-21;1-3-13(2)14-9-11-16(12-10-14)15-7-5-4-6-8-15;2*1-11-7-9-13(10-8-11)12-5-3-2-4-6-12;1-2/h5-6,8,10-17H,4,7,9H2,1-3H3;4-13H,3H2,1-2H3;2*2-10H,1H3;1-2H3. The Bertz CT molecular complexity index is 2570. The maximum Gasteiger partial charge on any atom is -0.0178 e. The van der Waals surface area contributed by atoms with Gasteiger partial charge in [-0.1, -0.05) is 271 Å². The van der Waals surface area contributed by atoms with Crippen LogP contribution in [-0.4, -0.2) is 0 Å². The number of hydrogen-bond donors (Lipinski definition) is 0. The third-order valence-electron chi connectivity index (χ3n) is 12.5. The highest BCUT2D eigenvalue weighted by Crippen LogP contribution is 2.32. The van der Waals surface area contributed by atoms with Crippen molar-refractivity contribution in [2.45, 2.75) is 99.8 Å². The molecule has 0 heterocycles. The summed E-state index contributed by atoms with van der Waals surface area (Å²) in [5, 5.41) is 0. The molecule has 1 aliphatic rings. The van der Waals surface area contributed by atoms with Crippen molar-refractivity contribution in [3.8, 4) is 44.5 Å². The Morgan fingerprint density at radius 2 is 0.716 bits per heavy atom. The van der Waals surface area contributed by atoms with Gasteiger partial charge in [0, 0.05) is 0 Å². The van der Waals surface area contributed by atoms with Crippen LogP contribution < -0.4 is 0 Å². The van der Waals surface area contributed by atoms with Gasteiger partial charge in [0.05, 0.1) is 0 Å². The van der Waals surface area contributed by atoms with Crippen LogP contribution in [0.5, 0.6) is 0 Å². The van der Waals surface area contributed by atoms with E-state index < -0.39 is 0 Å². The summed E-state index contributed by atoms with van der Waals surface area (Å²) in [5.74, 6) is 1.29. The predicted molar refractivity (Wildman–Crippen MR) is 297 cm³/mol. The molecule has 0 nitrogen and oxygen atoms in total. The van der Waals surface area contributed by atoms with Gasteiger partial charge in [-0.25, -0.2) is 0 Å². The van der Waals surface area contributed by atoms with Gasteiger partial charge < -0.3 is 0 Å². The van der Waals surface area contributed by atoms with E-state index in [9.17, 15) is 0 Å². The van der Waals surface area contributed by atoms with E-state index in [1.54, 1.807) is 0 Å².